The minimum absolute atomic E-state index is 0.707. The summed E-state index contributed by atoms with van der Waals surface area (Å²) < 4.78 is 1.95. The molecule has 5 nitrogen and oxygen atoms in total. The van der Waals surface area contributed by atoms with Crippen molar-refractivity contribution in [3.8, 4) is 0 Å². The highest BCUT2D eigenvalue weighted by Crippen LogP contribution is 2.24. The molecule has 0 N–H and O–H groups in total. The van der Waals surface area contributed by atoms with Gasteiger partial charge < -0.3 is 9.80 Å². The molecule has 26 heavy (non-hydrogen) atoms. The molecule has 0 amide bonds. The molecule has 4 rings (SSSR count). The third kappa shape index (κ3) is 3.44. The van der Waals surface area contributed by atoms with Gasteiger partial charge in [-0.05, 0) is 51.4 Å². The molecule has 1 fully saturated rings. The Balaban J connectivity index is 1.40. The zero-order valence-electron chi connectivity index (χ0n) is 15.9. The lowest BCUT2D eigenvalue weighted by atomic mass is 10.1. The average Bonchev–Trinajstić information content (AvgIpc) is 3.23. The van der Waals surface area contributed by atoms with Gasteiger partial charge in [-0.1, -0.05) is 18.2 Å². The van der Waals surface area contributed by atoms with Gasteiger partial charge in [-0.15, -0.1) is 0 Å². The van der Waals surface area contributed by atoms with Crippen LogP contribution in [-0.2, 0) is 6.54 Å². The topological polar surface area (TPSA) is 36.7 Å². The molecule has 1 aliphatic heterocycles. The molecule has 0 saturated carbocycles. The van der Waals surface area contributed by atoms with E-state index in [1.807, 2.05) is 17.6 Å². The minimum atomic E-state index is 0.707. The second-order valence-corrected chi connectivity index (χ2v) is 7.58. The van der Waals surface area contributed by atoms with Crippen LogP contribution in [0, 0.1) is 19.8 Å². The van der Waals surface area contributed by atoms with Gasteiger partial charge in [-0.3, -0.25) is 0 Å². The molecule has 0 spiro atoms. The molecule has 3 aromatic rings. The lowest BCUT2D eigenvalue weighted by Gasteiger charge is -2.22. The van der Waals surface area contributed by atoms with Crippen LogP contribution in [0.4, 0.5) is 5.69 Å². The second kappa shape index (κ2) is 7.08. The first-order chi connectivity index (χ1) is 12.6. The molecule has 3 heterocycles. The van der Waals surface area contributed by atoms with Crippen molar-refractivity contribution in [2.75, 3.05) is 31.6 Å². The van der Waals surface area contributed by atoms with Crippen molar-refractivity contribution in [3.63, 3.8) is 0 Å². The van der Waals surface area contributed by atoms with Gasteiger partial charge in [0.2, 0.25) is 0 Å². The molecule has 1 aromatic carbocycles. The first kappa shape index (κ1) is 17.0. The van der Waals surface area contributed by atoms with Crippen LogP contribution in [-0.4, -0.2) is 46.2 Å². The summed E-state index contributed by atoms with van der Waals surface area (Å²) in [5, 5.41) is 4.52. The van der Waals surface area contributed by atoms with Crippen molar-refractivity contribution in [3.05, 3.63) is 59.5 Å². The Morgan fingerprint density at radius 1 is 1.19 bits per heavy atom. The summed E-state index contributed by atoms with van der Waals surface area (Å²) in [6, 6.07) is 12.8. The molecule has 0 radical (unpaired) electrons. The summed E-state index contributed by atoms with van der Waals surface area (Å²) in [5.74, 6) is 0.707. The number of rotatable bonds is 5. The Morgan fingerprint density at radius 2 is 2.00 bits per heavy atom. The van der Waals surface area contributed by atoms with Crippen molar-refractivity contribution in [2.24, 2.45) is 5.92 Å². The largest absolute Gasteiger partial charge is 0.371 e. The number of anilines is 1. The molecule has 1 aliphatic rings. The van der Waals surface area contributed by atoms with Gasteiger partial charge in [0.15, 0.2) is 5.65 Å². The predicted octanol–water partition coefficient (Wildman–Crippen LogP) is 3.30. The van der Waals surface area contributed by atoms with E-state index in [1.54, 1.807) is 0 Å². The maximum absolute atomic E-state index is 4.70. The molecule has 0 unspecified atom stereocenters. The van der Waals surface area contributed by atoms with Crippen LogP contribution in [0.15, 0.2) is 42.6 Å². The summed E-state index contributed by atoms with van der Waals surface area (Å²) in [5.41, 5.74) is 5.73. The van der Waals surface area contributed by atoms with E-state index in [2.05, 4.69) is 65.3 Å². The molecule has 1 atom stereocenters. The van der Waals surface area contributed by atoms with Gasteiger partial charge >= 0.3 is 0 Å². The van der Waals surface area contributed by atoms with Gasteiger partial charge in [0, 0.05) is 48.8 Å². The van der Waals surface area contributed by atoms with E-state index in [9.17, 15) is 0 Å². The fourth-order valence-corrected chi connectivity index (χ4v) is 4.08. The summed E-state index contributed by atoms with van der Waals surface area (Å²) in [4.78, 5) is 9.61. The number of aryl methyl sites for hydroxylation is 2. The Hall–Kier alpha value is -2.40. The smallest absolute Gasteiger partial charge is 0.159 e. The van der Waals surface area contributed by atoms with Crippen LogP contribution < -0.4 is 4.90 Å². The molecule has 2 aromatic heterocycles. The first-order valence-electron chi connectivity index (χ1n) is 9.39. The molecular formula is C21H27N5. The van der Waals surface area contributed by atoms with Crippen LogP contribution in [0.1, 0.15) is 23.4 Å². The van der Waals surface area contributed by atoms with Crippen molar-refractivity contribution in [2.45, 2.75) is 26.8 Å². The highest BCUT2D eigenvalue weighted by Gasteiger charge is 2.24. The number of fused-ring (bicyclic) bond motifs is 1. The number of nitrogens with zero attached hydrogens (tertiary/aromatic N) is 5. The van der Waals surface area contributed by atoms with Crippen LogP contribution in [0.2, 0.25) is 0 Å². The lowest BCUT2D eigenvalue weighted by Crippen LogP contribution is -2.28. The molecule has 1 saturated heterocycles. The summed E-state index contributed by atoms with van der Waals surface area (Å²) >= 11 is 0. The number of benzene rings is 1. The van der Waals surface area contributed by atoms with E-state index in [4.69, 9.17) is 4.98 Å². The Bertz CT molecular complexity index is 886. The maximum atomic E-state index is 4.70. The second-order valence-electron chi connectivity index (χ2n) is 7.58. The average molecular weight is 349 g/mol. The van der Waals surface area contributed by atoms with Gasteiger partial charge in [0.1, 0.15) is 0 Å². The predicted molar refractivity (Wildman–Crippen MR) is 106 cm³/mol. The maximum Gasteiger partial charge on any atom is 0.159 e. The molecule has 5 heteroatoms. The van der Waals surface area contributed by atoms with Crippen LogP contribution >= 0.6 is 0 Å². The highest BCUT2D eigenvalue weighted by molar-refractivity contribution is 5.48. The summed E-state index contributed by atoms with van der Waals surface area (Å²) in [6.07, 6.45) is 3.22. The fourth-order valence-electron chi connectivity index (χ4n) is 4.08. The standard InChI is InChI=1S/C21H27N5/c1-16-11-17(2)26-21(23-16)19(12-22-26)15-24(3)13-18-9-10-25(14-18)20-7-5-4-6-8-20/h4-8,11-12,18H,9-10,13-15H2,1-3H3/t18-/m1/s1. The minimum Gasteiger partial charge on any atom is -0.371 e. The van der Waals surface area contributed by atoms with Crippen LogP contribution in [0.5, 0.6) is 0 Å². The fraction of sp³-hybridized carbons (Fsp3) is 0.429. The zero-order chi connectivity index (χ0) is 18.1. The molecule has 136 valence electrons. The lowest BCUT2D eigenvalue weighted by molar-refractivity contribution is 0.280. The van der Waals surface area contributed by atoms with E-state index >= 15 is 0 Å². The Labute approximate surface area is 155 Å². The van der Waals surface area contributed by atoms with Gasteiger partial charge in [-0.2, -0.15) is 5.10 Å². The van der Waals surface area contributed by atoms with Crippen molar-refractivity contribution in [1.82, 2.24) is 19.5 Å². The SMILES string of the molecule is Cc1cc(C)n2ncc(CN(C)C[C@H]3CCN(c4ccccc4)C3)c2n1. The normalized spacial score (nSPS) is 17.5. The van der Waals surface area contributed by atoms with E-state index < -0.39 is 0 Å². The first-order valence-corrected chi connectivity index (χ1v) is 9.39. The number of para-hydroxylation sites is 1. The number of hydrogen-bond donors (Lipinski definition) is 0. The Morgan fingerprint density at radius 3 is 2.81 bits per heavy atom. The van der Waals surface area contributed by atoms with E-state index in [-0.39, 0.29) is 0 Å². The monoisotopic (exact) mass is 349 g/mol. The van der Waals surface area contributed by atoms with E-state index in [0.717, 1.165) is 43.2 Å². The molecule has 0 bridgehead atoms. The number of hydrogen-bond acceptors (Lipinski definition) is 4. The van der Waals surface area contributed by atoms with Crippen LogP contribution in [0.25, 0.3) is 5.65 Å². The summed E-state index contributed by atoms with van der Waals surface area (Å²) in [6.45, 7) is 8.41. The van der Waals surface area contributed by atoms with Gasteiger partial charge in [-0.25, -0.2) is 9.50 Å². The van der Waals surface area contributed by atoms with Gasteiger partial charge in [0.25, 0.3) is 0 Å². The highest BCUT2D eigenvalue weighted by atomic mass is 15.3. The van der Waals surface area contributed by atoms with Crippen molar-refractivity contribution < 1.29 is 0 Å². The third-order valence-electron chi connectivity index (χ3n) is 5.27. The molecule has 0 aliphatic carbocycles. The van der Waals surface area contributed by atoms with Gasteiger partial charge in [0.05, 0.1) is 6.20 Å². The van der Waals surface area contributed by atoms with E-state index in [1.165, 1.54) is 17.7 Å². The van der Waals surface area contributed by atoms with Crippen molar-refractivity contribution >= 4 is 11.3 Å². The quantitative estimate of drug-likeness (QED) is 0.708. The molecular weight excluding hydrogens is 322 g/mol. The zero-order valence-corrected chi connectivity index (χ0v) is 15.9. The van der Waals surface area contributed by atoms with E-state index in [0.29, 0.717) is 5.92 Å². The Kier molecular flexibility index (Phi) is 4.64. The third-order valence-corrected chi connectivity index (χ3v) is 5.27. The van der Waals surface area contributed by atoms with Crippen LogP contribution in [0.3, 0.4) is 0 Å². The summed E-state index contributed by atoms with van der Waals surface area (Å²) in [7, 11) is 2.21. The van der Waals surface area contributed by atoms with Crippen molar-refractivity contribution in [1.29, 1.82) is 0 Å². The number of aromatic nitrogens is 3.